The summed E-state index contributed by atoms with van der Waals surface area (Å²) in [6, 6.07) is 0.458. The van der Waals surface area contributed by atoms with Gasteiger partial charge in [0.15, 0.2) is 0 Å². The van der Waals surface area contributed by atoms with E-state index in [1.165, 1.54) is 54.1 Å². The van der Waals surface area contributed by atoms with Gasteiger partial charge in [-0.05, 0) is 39.7 Å². The van der Waals surface area contributed by atoms with Gasteiger partial charge >= 0.3 is 0 Å². The van der Waals surface area contributed by atoms with Crippen molar-refractivity contribution < 1.29 is 0 Å². The normalized spacial score (nSPS) is 19.1. The van der Waals surface area contributed by atoms with E-state index in [0.717, 1.165) is 12.5 Å². The Kier molecular flexibility index (Phi) is 5.19. The quantitative estimate of drug-likeness (QED) is 0.855. The van der Waals surface area contributed by atoms with E-state index in [1.54, 1.807) is 0 Å². The van der Waals surface area contributed by atoms with E-state index in [4.69, 9.17) is 0 Å². The van der Waals surface area contributed by atoms with E-state index < -0.39 is 0 Å². The molecule has 0 aromatic carbocycles. The van der Waals surface area contributed by atoms with Crippen molar-refractivity contribution in [1.29, 1.82) is 0 Å². The lowest BCUT2D eigenvalue weighted by Gasteiger charge is -2.22. The van der Waals surface area contributed by atoms with Gasteiger partial charge in [-0.15, -0.1) is 11.3 Å². The Morgan fingerprint density at radius 2 is 2.00 bits per heavy atom. The number of nitrogens with one attached hydrogen (secondary N) is 1. The van der Waals surface area contributed by atoms with E-state index in [2.05, 4.69) is 31.1 Å². The lowest BCUT2D eigenvalue weighted by Crippen LogP contribution is -2.22. The Labute approximate surface area is 115 Å². The monoisotopic (exact) mass is 266 g/mol. The predicted octanol–water partition coefficient (Wildman–Crippen LogP) is 4.38. The van der Waals surface area contributed by atoms with Crippen LogP contribution in [-0.4, -0.2) is 11.5 Å². The van der Waals surface area contributed by atoms with E-state index in [-0.39, 0.29) is 0 Å². The number of aryl methyl sites for hydroxylation is 2. The highest BCUT2D eigenvalue weighted by Crippen LogP contribution is 2.27. The summed E-state index contributed by atoms with van der Waals surface area (Å²) in [6.45, 7) is 7.64. The number of hydrogen-bond donors (Lipinski definition) is 1. The first-order valence-corrected chi connectivity index (χ1v) is 8.15. The largest absolute Gasteiger partial charge is 0.309 e. The molecule has 0 amide bonds. The second kappa shape index (κ2) is 6.67. The van der Waals surface area contributed by atoms with Crippen molar-refractivity contribution in [1.82, 2.24) is 10.3 Å². The fourth-order valence-electron chi connectivity index (χ4n) is 3.02. The number of rotatable bonds is 5. The SMILES string of the molecule is Cc1nc(C)c(C(C)NCCC2CCCCC2)s1. The standard InChI is InChI=1S/C15H26N2S/c1-11(15-12(2)17-13(3)18-15)16-10-9-14-7-5-4-6-8-14/h11,14,16H,4-10H2,1-3H3. The fraction of sp³-hybridized carbons (Fsp3) is 0.800. The molecule has 0 spiro atoms. The Hall–Kier alpha value is -0.410. The van der Waals surface area contributed by atoms with Crippen LogP contribution in [0.4, 0.5) is 0 Å². The summed E-state index contributed by atoms with van der Waals surface area (Å²) in [4.78, 5) is 5.92. The van der Waals surface area contributed by atoms with Crippen molar-refractivity contribution in [2.24, 2.45) is 5.92 Å². The van der Waals surface area contributed by atoms with Gasteiger partial charge in [0.05, 0.1) is 10.7 Å². The summed E-state index contributed by atoms with van der Waals surface area (Å²) < 4.78 is 0. The van der Waals surface area contributed by atoms with Crippen LogP contribution in [0.5, 0.6) is 0 Å². The molecule has 1 N–H and O–H groups in total. The average molecular weight is 266 g/mol. The zero-order valence-corrected chi connectivity index (χ0v) is 12.8. The number of thiazole rings is 1. The summed E-state index contributed by atoms with van der Waals surface area (Å²) in [7, 11) is 0. The smallest absolute Gasteiger partial charge is 0.0900 e. The van der Waals surface area contributed by atoms with Gasteiger partial charge < -0.3 is 5.32 Å². The molecule has 0 bridgehead atoms. The minimum atomic E-state index is 0.458. The molecule has 1 saturated carbocycles. The van der Waals surface area contributed by atoms with Gasteiger partial charge in [0, 0.05) is 10.9 Å². The molecular weight excluding hydrogens is 240 g/mol. The lowest BCUT2D eigenvalue weighted by molar-refractivity contribution is 0.330. The molecule has 1 aliphatic rings. The molecule has 1 aromatic rings. The summed E-state index contributed by atoms with van der Waals surface area (Å²) in [5.74, 6) is 0.975. The first kappa shape index (κ1) is 14.0. The van der Waals surface area contributed by atoms with Crippen molar-refractivity contribution in [3.63, 3.8) is 0 Å². The van der Waals surface area contributed by atoms with E-state index in [0.29, 0.717) is 6.04 Å². The number of aromatic nitrogens is 1. The van der Waals surface area contributed by atoms with Crippen LogP contribution in [0.25, 0.3) is 0 Å². The van der Waals surface area contributed by atoms with Crippen LogP contribution in [0.3, 0.4) is 0 Å². The molecule has 1 aliphatic carbocycles. The van der Waals surface area contributed by atoms with Gasteiger partial charge in [-0.3, -0.25) is 0 Å². The van der Waals surface area contributed by atoms with Gasteiger partial charge in [0.1, 0.15) is 0 Å². The predicted molar refractivity (Wildman–Crippen MR) is 79.2 cm³/mol. The van der Waals surface area contributed by atoms with Crippen LogP contribution in [0.2, 0.25) is 0 Å². The van der Waals surface area contributed by atoms with Crippen molar-refractivity contribution in [3.8, 4) is 0 Å². The molecule has 1 heterocycles. The molecule has 18 heavy (non-hydrogen) atoms. The molecule has 2 rings (SSSR count). The Morgan fingerprint density at radius 1 is 1.28 bits per heavy atom. The zero-order chi connectivity index (χ0) is 13.0. The number of hydrogen-bond acceptors (Lipinski definition) is 3. The maximum atomic E-state index is 4.51. The molecule has 1 unspecified atom stereocenters. The highest BCUT2D eigenvalue weighted by Gasteiger charge is 2.15. The first-order chi connectivity index (χ1) is 8.66. The second-order valence-electron chi connectivity index (χ2n) is 5.65. The Morgan fingerprint density at radius 3 is 2.61 bits per heavy atom. The third kappa shape index (κ3) is 3.79. The molecule has 2 nitrogen and oxygen atoms in total. The van der Waals surface area contributed by atoms with Crippen LogP contribution < -0.4 is 5.32 Å². The minimum Gasteiger partial charge on any atom is -0.309 e. The zero-order valence-electron chi connectivity index (χ0n) is 12.0. The molecule has 1 aromatic heterocycles. The average Bonchev–Trinajstić information content (AvgIpc) is 2.70. The van der Waals surface area contributed by atoms with E-state index in [1.807, 2.05) is 11.3 Å². The summed E-state index contributed by atoms with van der Waals surface area (Å²) in [5.41, 5.74) is 1.20. The number of nitrogens with zero attached hydrogens (tertiary/aromatic N) is 1. The van der Waals surface area contributed by atoms with Gasteiger partial charge in [0.2, 0.25) is 0 Å². The van der Waals surface area contributed by atoms with Crippen molar-refractivity contribution in [2.75, 3.05) is 6.54 Å². The van der Waals surface area contributed by atoms with Gasteiger partial charge in [-0.25, -0.2) is 4.98 Å². The highest BCUT2D eigenvalue weighted by atomic mass is 32.1. The lowest BCUT2D eigenvalue weighted by atomic mass is 9.87. The van der Waals surface area contributed by atoms with Crippen LogP contribution in [-0.2, 0) is 0 Å². The van der Waals surface area contributed by atoms with Gasteiger partial charge in [-0.1, -0.05) is 32.1 Å². The molecule has 0 aliphatic heterocycles. The maximum Gasteiger partial charge on any atom is 0.0900 e. The van der Waals surface area contributed by atoms with Crippen molar-refractivity contribution in [2.45, 2.75) is 65.3 Å². The highest BCUT2D eigenvalue weighted by molar-refractivity contribution is 7.11. The Balaban J connectivity index is 1.74. The van der Waals surface area contributed by atoms with Gasteiger partial charge in [-0.2, -0.15) is 0 Å². The summed E-state index contributed by atoms with van der Waals surface area (Å²) >= 11 is 1.83. The molecule has 1 atom stereocenters. The van der Waals surface area contributed by atoms with Gasteiger partial charge in [0.25, 0.3) is 0 Å². The molecule has 0 saturated heterocycles. The summed E-state index contributed by atoms with van der Waals surface area (Å²) in [5, 5.41) is 4.85. The van der Waals surface area contributed by atoms with E-state index in [9.17, 15) is 0 Å². The van der Waals surface area contributed by atoms with Crippen LogP contribution in [0, 0.1) is 19.8 Å². The molecule has 3 heteroatoms. The third-order valence-corrected chi connectivity index (χ3v) is 5.32. The topological polar surface area (TPSA) is 24.9 Å². The van der Waals surface area contributed by atoms with Crippen molar-refractivity contribution in [3.05, 3.63) is 15.6 Å². The molecule has 1 fully saturated rings. The Bertz CT molecular complexity index is 367. The molecule has 0 radical (unpaired) electrons. The maximum absolute atomic E-state index is 4.51. The van der Waals surface area contributed by atoms with Crippen LogP contribution >= 0.6 is 11.3 Å². The molecular formula is C15H26N2S. The third-order valence-electron chi connectivity index (χ3n) is 4.06. The minimum absolute atomic E-state index is 0.458. The first-order valence-electron chi connectivity index (χ1n) is 7.34. The van der Waals surface area contributed by atoms with Crippen molar-refractivity contribution >= 4 is 11.3 Å². The van der Waals surface area contributed by atoms with Crippen LogP contribution in [0.1, 0.15) is 67.1 Å². The van der Waals surface area contributed by atoms with E-state index >= 15 is 0 Å². The van der Waals surface area contributed by atoms with Crippen LogP contribution in [0.15, 0.2) is 0 Å². The summed E-state index contributed by atoms with van der Waals surface area (Å²) in [6.07, 6.45) is 8.62. The molecule has 102 valence electrons. The second-order valence-corrected chi connectivity index (χ2v) is 6.89. The fourth-order valence-corrected chi connectivity index (χ4v) is 3.98.